The number of nitriles is 1. The van der Waals surface area contributed by atoms with Crippen LogP contribution >= 0.6 is 23.1 Å². The second kappa shape index (κ2) is 6.78. The minimum Gasteiger partial charge on any atom is -0.289 e. The van der Waals surface area contributed by atoms with Crippen LogP contribution in [-0.4, -0.2) is 18.7 Å². The van der Waals surface area contributed by atoms with E-state index in [4.69, 9.17) is 0 Å². The van der Waals surface area contributed by atoms with Gasteiger partial charge in [0.15, 0.2) is 5.16 Å². The Morgan fingerprint density at radius 1 is 1.31 bits per heavy atom. The first-order valence-corrected chi connectivity index (χ1v) is 9.07. The highest BCUT2D eigenvalue weighted by atomic mass is 32.2. The van der Waals surface area contributed by atoms with Crippen molar-refractivity contribution in [2.75, 3.05) is 0 Å². The van der Waals surface area contributed by atoms with Crippen LogP contribution in [0.4, 0.5) is 0 Å². The van der Waals surface area contributed by atoms with Crippen molar-refractivity contribution >= 4 is 33.3 Å². The molecule has 10 heteroatoms. The van der Waals surface area contributed by atoms with Gasteiger partial charge >= 0.3 is 5.69 Å². The van der Waals surface area contributed by atoms with Crippen LogP contribution in [0.15, 0.2) is 48.7 Å². The van der Waals surface area contributed by atoms with Gasteiger partial charge in [0.1, 0.15) is 21.5 Å². The van der Waals surface area contributed by atoms with Gasteiger partial charge in [0.05, 0.1) is 5.39 Å². The van der Waals surface area contributed by atoms with Crippen molar-refractivity contribution in [2.24, 2.45) is 14.1 Å². The minimum absolute atomic E-state index is 0.140. The van der Waals surface area contributed by atoms with Crippen LogP contribution in [0.2, 0.25) is 0 Å². The van der Waals surface area contributed by atoms with Crippen molar-refractivity contribution in [3.05, 3.63) is 60.9 Å². The second-order valence-corrected chi connectivity index (χ2v) is 7.19. The third kappa shape index (κ3) is 2.71. The van der Waals surface area contributed by atoms with E-state index < -0.39 is 11.2 Å². The number of nitrogens with zero attached hydrogens (tertiary/aromatic N) is 5. The lowest BCUT2D eigenvalue weighted by Crippen LogP contribution is -2.39. The fourth-order valence-corrected chi connectivity index (χ4v) is 4.27. The first-order valence-electron chi connectivity index (χ1n) is 7.37. The summed E-state index contributed by atoms with van der Waals surface area (Å²) < 4.78 is 3.47. The lowest BCUT2D eigenvalue weighted by Gasteiger charge is -2.13. The predicted octanol–water partition coefficient (Wildman–Crippen LogP) is 1.06. The number of fused-ring (bicyclic) bond motifs is 1. The molecule has 3 aromatic heterocycles. The zero-order valence-electron chi connectivity index (χ0n) is 13.9. The topological polar surface area (TPSA) is 103 Å². The van der Waals surface area contributed by atoms with Gasteiger partial charge in [0.2, 0.25) is 0 Å². The van der Waals surface area contributed by atoms with E-state index in [0.717, 1.165) is 16.3 Å². The van der Waals surface area contributed by atoms with E-state index in [9.17, 15) is 19.6 Å². The summed E-state index contributed by atoms with van der Waals surface area (Å²) >= 11 is 2.25. The van der Waals surface area contributed by atoms with E-state index in [1.807, 2.05) is 6.07 Å². The number of thiophene rings is 1. The SMILES string of the molecule is C=CCn1c(Sc2c(C#N)c(=O)n(C)c(=O)n2C)nc2sccc2c1=O. The fraction of sp³-hybridized carbons (Fsp3) is 0.188. The summed E-state index contributed by atoms with van der Waals surface area (Å²) in [6.45, 7) is 3.86. The zero-order valence-corrected chi connectivity index (χ0v) is 15.6. The van der Waals surface area contributed by atoms with Crippen molar-refractivity contribution in [3.8, 4) is 6.07 Å². The van der Waals surface area contributed by atoms with Crippen LogP contribution in [0.1, 0.15) is 5.56 Å². The molecule has 0 atom stereocenters. The quantitative estimate of drug-likeness (QED) is 0.377. The number of hydrogen-bond acceptors (Lipinski definition) is 7. The Balaban J connectivity index is 2.31. The molecule has 8 nitrogen and oxygen atoms in total. The van der Waals surface area contributed by atoms with Crippen LogP contribution in [0.5, 0.6) is 0 Å². The molecular formula is C16H13N5O3S2. The van der Waals surface area contributed by atoms with Crippen molar-refractivity contribution < 1.29 is 0 Å². The standard InChI is InChI=1S/C16H13N5O3S2/c1-4-6-21-13(23)9-5-7-25-11(9)18-15(21)26-14-10(8-17)12(22)19(2)16(24)20(14)3/h4-5,7H,1,6H2,2-3H3. The van der Waals surface area contributed by atoms with E-state index >= 15 is 0 Å². The first-order chi connectivity index (χ1) is 12.4. The van der Waals surface area contributed by atoms with E-state index in [1.165, 1.54) is 34.6 Å². The molecule has 0 fully saturated rings. The molecule has 0 aliphatic heterocycles. The van der Waals surface area contributed by atoms with E-state index in [2.05, 4.69) is 11.6 Å². The van der Waals surface area contributed by atoms with Crippen LogP contribution in [-0.2, 0) is 20.6 Å². The summed E-state index contributed by atoms with van der Waals surface area (Å²) in [5.74, 6) is 0. The molecule has 0 saturated carbocycles. The molecular weight excluding hydrogens is 374 g/mol. The Bertz CT molecular complexity index is 1260. The number of rotatable bonds is 4. The van der Waals surface area contributed by atoms with Gasteiger partial charge in [-0.15, -0.1) is 17.9 Å². The summed E-state index contributed by atoms with van der Waals surface area (Å²) in [7, 11) is 2.77. The van der Waals surface area contributed by atoms with Crippen molar-refractivity contribution in [3.63, 3.8) is 0 Å². The predicted molar refractivity (Wildman–Crippen MR) is 99.8 cm³/mol. The van der Waals surface area contributed by atoms with Gasteiger partial charge in [0, 0.05) is 20.6 Å². The third-order valence-corrected chi connectivity index (χ3v) is 5.74. The van der Waals surface area contributed by atoms with Crippen molar-refractivity contribution in [2.45, 2.75) is 16.7 Å². The Kier molecular flexibility index (Phi) is 4.67. The molecule has 0 aromatic carbocycles. The number of aromatic nitrogens is 4. The number of allylic oxidation sites excluding steroid dienone is 1. The first kappa shape index (κ1) is 17.9. The Hall–Kier alpha value is -2.90. The van der Waals surface area contributed by atoms with Gasteiger partial charge in [0.25, 0.3) is 11.1 Å². The molecule has 132 valence electrons. The lowest BCUT2D eigenvalue weighted by atomic mass is 10.3. The third-order valence-electron chi connectivity index (χ3n) is 3.77. The van der Waals surface area contributed by atoms with Gasteiger partial charge in [-0.25, -0.2) is 9.78 Å². The zero-order chi connectivity index (χ0) is 19.0. The minimum atomic E-state index is -0.687. The maximum atomic E-state index is 12.7. The van der Waals surface area contributed by atoms with Crippen LogP contribution in [0, 0.1) is 11.3 Å². The molecule has 0 aliphatic carbocycles. The average Bonchev–Trinajstić information content (AvgIpc) is 3.10. The monoisotopic (exact) mass is 387 g/mol. The van der Waals surface area contributed by atoms with Gasteiger partial charge in [-0.05, 0) is 23.2 Å². The summed E-state index contributed by atoms with van der Waals surface area (Å²) in [5.41, 5.74) is -1.67. The molecule has 0 spiro atoms. The smallest absolute Gasteiger partial charge is 0.289 e. The highest BCUT2D eigenvalue weighted by Gasteiger charge is 2.20. The molecule has 26 heavy (non-hydrogen) atoms. The Morgan fingerprint density at radius 2 is 2.04 bits per heavy atom. The second-order valence-electron chi connectivity index (χ2n) is 5.34. The van der Waals surface area contributed by atoms with Gasteiger partial charge in [-0.2, -0.15) is 5.26 Å². The molecule has 3 heterocycles. The molecule has 3 rings (SSSR count). The summed E-state index contributed by atoms with van der Waals surface area (Å²) in [5, 5.41) is 12.1. The highest BCUT2D eigenvalue weighted by Crippen LogP contribution is 2.28. The summed E-state index contributed by atoms with van der Waals surface area (Å²) in [6, 6.07) is 3.54. The van der Waals surface area contributed by atoms with Gasteiger partial charge in [-0.3, -0.25) is 23.3 Å². The van der Waals surface area contributed by atoms with E-state index in [0.29, 0.717) is 10.2 Å². The van der Waals surface area contributed by atoms with Crippen LogP contribution in [0.25, 0.3) is 10.2 Å². The molecule has 0 saturated heterocycles. The molecule has 0 amide bonds. The molecule has 3 aromatic rings. The van der Waals surface area contributed by atoms with Crippen LogP contribution in [0.3, 0.4) is 0 Å². The van der Waals surface area contributed by atoms with Crippen LogP contribution < -0.4 is 16.8 Å². The molecule has 0 unspecified atom stereocenters. The molecule has 0 radical (unpaired) electrons. The van der Waals surface area contributed by atoms with Gasteiger partial charge in [-0.1, -0.05) is 6.08 Å². The average molecular weight is 387 g/mol. The molecule has 0 N–H and O–H groups in total. The van der Waals surface area contributed by atoms with Gasteiger partial charge < -0.3 is 0 Å². The molecule has 0 aliphatic rings. The fourth-order valence-electron chi connectivity index (χ4n) is 2.43. The maximum absolute atomic E-state index is 12.7. The van der Waals surface area contributed by atoms with E-state index in [1.54, 1.807) is 17.5 Å². The molecule has 0 bridgehead atoms. The Morgan fingerprint density at radius 3 is 2.69 bits per heavy atom. The van der Waals surface area contributed by atoms with Crippen molar-refractivity contribution in [1.82, 2.24) is 18.7 Å². The van der Waals surface area contributed by atoms with E-state index in [-0.39, 0.29) is 27.8 Å². The number of hydrogen-bond donors (Lipinski definition) is 0. The largest absolute Gasteiger partial charge is 0.331 e. The maximum Gasteiger partial charge on any atom is 0.331 e. The normalized spacial score (nSPS) is 10.8. The van der Waals surface area contributed by atoms with Crippen molar-refractivity contribution in [1.29, 1.82) is 5.26 Å². The Labute approximate surface area is 155 Å². The summed E-state index contributed by atoms with van der Waals surface area (Å²) in [4.78, 5) is 42.2. The highest BCUT2D eigenvalue weighted by molar-refractivity contribution is 7.99. The lowest BCUT2D eigenvalue weighted by molar-refractivity contribution is 0.625. The summed E-state index contributed by atoms with van der Waals surface area (Å²) in [6.07, 6.45) is 1.56.